The first kappa shape index (κ1) is 16.3. The van der Waals surface area contributed by atoms with Crippen LogP contribution in [0.15, 0.2) is 84.9 Å². The predicted octanol–water partition coefficient (Wildman–Crippen LogP) is 8.01. The van der Waals surface area contributed by atoms with Gasteiger partial charge in [-0.05, 0) is 47.9 Å². The molecule has 0 spiro atoms. The standard InChI is InChI=1S/C26H20S/c1-17-7-11-19(12-8-17)25-23-15-21-5-3-4-6-22(21)16-24(23)26(27-25)20-13-9-18(2)10-14-20/h3-16H,1-2H3. The Hall–Kier alpha value is -2.90. The molecular weight excluding hydrogens is 344 g/mol. The van der Waals surface area contributed by atoms with Gasteiger partial charge in [-0.25, -0.2) is 0 Å². The number of hydrogen-bond acceptors (Lipinski definition) is 1. The Morgan fingerprint density at radius 2 is 0.926 bits per heavy atom. The van der Waals surface area contributed by atoms with E-state index in [0.717, 1.165) is 0 Å². The molecule has 0 saturated heterocycles. The highest BCUT2D eigenvalue weighted by Gasteiger charge is 2.15. The highest BCUT2D eigenvalue weighted by molar-refractivity contribution is 7.21. The average molecular weight is 365 g/mol. The maximum absolute atomic E-state index is 2.36. The molecule has 0 atom stereocenters. The lowest BCUT2D eigenvalue weighted by molar-refractivity contribution is 1.48. The molecule has 0 saturated carbocycles. The van der Waals surface area contributed by atoms with Gasteiger partial charge in [0.05, 0.1) is 0 Å². The summed E-state index contributed by atoms with van der Waals surface area (Å²) in [5, 5.41) is 5.29. The van der Waals surface area contributed by atoms with Gasteiger partial charge in [0, 0.05) is 20.5 Å². The van der Waals surface area contributed by atoms with Gasteiger partial charge in [0.15, 0.2) is 0 Å². The van der Waals surface area contributed by atoms with Crippen molar-refractivity contribution >= 4 is 32.9 Å². The Morgan fingerprint density at radius 3 is 1.33 bits per heavy atom. The molecule has 0 unspecified atom stereocenters. The van der Waals surface area contributed by atoms with Crippen molar-refractivity contribution in [2.45, 2.75) is 13.8 Å². The van der Waals surface area contributed by atoms with Crippen molar-refractivity contribution in [1.82, 2.24) is 0 Å². The minimum absolute atomic E-state index is 1.30. The fourth-order valence-corrected chi connectivity index (χ4v) is 4.94. The molecule has 0 aliphatic rings. The number of rotatable bonds is 2. The van der Waals surface area contributed by atoms with E-state index in [0.29, 0.717) is 0 Å². The smallest absolute Gasteiger partial charge is 0.0428 e. The molecule has 1 heterocycles. The van der Waals surface area contributed by atoms with Gasteiger partial charge in [0.25, 0.3) is 0 Å². The van der Waals surface area contributed by atoms with Gasteiger partial charge in [0.2, 0.25) is 0 Å². The second-order valence-corrected chi connectivity index (χ2v) is 8.26. The summed E-state index contributed by atoms with van der Waals surface area (Å²) >= 11 is 1.90. The summed E-state index contributed by atoms with van der Waals surface area (Å²) in [4.78, 5) is 2.71. The maximum atomic E-state index is 2.36. The molecule has 0 radical (unpaired) electrons. The number of thiophene rings is 1. The summed E-state index contributed by atoms with van der Waals surface area (Å²) in [6.45, 7) is 4.28. The predicted molar refractivity (Wildman–Crippen MR) is 120 cm³/mol. The fraction of sp³-hybridized carbons (Fsp3) is 0.0769. The third kappa shape index (κ3) is 2.85. The fourth-order valence-electron chi connectivity index (χ4n) is 3.67. The van der Waals surface area contributed by atoms with Crippen molar-refractivity contribution in [3.63, 3.8) is 0 Å². The first-order valence-corrected chi connectivity index (χ1v) is 10.1. The van der Waals surface area contributed by atoms with Crippen LogP contribution in [0.2, 0.25) is 0 Å². The van der Waals surface area contributed by atoms with Crippen molar-refractivity contribution < 1.29 is 0 Å². The minimum Gasteiger partial charge on any atom is -0.134 e. The molecule has 1 aromatic heterocycles. The van der Waals surface area contributed by atoms with Crippen LogP contribution in [0, 0.1) is 13.8 Å². The Bertz CT molecular complexity index is 1160. The average Bonchev–Trinajstić information content (AvgIpc) is 3.06. The van der Waals surface area contributed by atoms with Gasteiger partial charge in [0.1, 0.15) is 0 Å². The van der Waals surface area contributed by atoms with Crippen molar-refractivity contribution in [1.29, 1.82) is 0 Å². The summed E-state index contributed by atoms with van der Waals surface area (Å²) < 4.78 is 0. The van der Waals surface area contributed by atoms with Crippen molar-refractivity contribution in [3.05, 3.63) is 96.1 Å². The molecule has 0 amide bonds. The van der Waals surface area contributed by atoms with Crippen LogP contribution in [0.5, 0.6) is 0 Å². The summed E-state index contributed by atoms with van der Waals surface area (Å²) in [6, 6.07) is 31.1. The second kappa shape index (κ2) is 6.37. The molecule has 4 aromatic carbocycles. The molecule has 5 aromatic rings. The Balaban J connectivity index is 1.84. The van der Waals surface area contributed by atoms with E-state index >= 15 is 0 Å². The molecule has 0 aliphatic heterocycles. The van der Waals surface area contributed by atoms with Crippen LogP contribution < -0.4 is 0 Å². The number of aryl methyl sites for hydroxylation is 2. The first-order chi connectivity index (χ1) is 13.2. The van der Waals surface area contributed by atoms with E-state index < -0.39 is 0 Å². The summed E-state index contributed by atoms with van der Waals surface area (Å²) in [6.07, 6.45) is 0. The Kier molecular flexibility index (Phi) is 3.84. The van der Waals surface area contributed by atoms with Gasteiger partial charge in [-0.2, -0.15) is 0 Å². The van der Waals surface area contributed by atoms with Crippen LogP contribution in [-0.4, -0.2) is 0 Å². The van der Waals surface area contributed by atoms with E-state index in [1.807, 2.05) is 11.3 Å². The lowest BCUT2D eigenvalue weighted by Crippen LogP contribution is -1.78. The van der Waals surface area contributed by atoms with Gasteiger partial charge in [-0.3, -0.25) is 0 Å². The van der Waals surface area contributed by atoms with Crippen LogP contribution in [0.4, 0.5) is 0 Å². The Labute approximate surface area is 163 Å². The molecule has 27 heavy (non-hydrogen) atoms. The number of fused-ring (bicyclic) bond motifs is 2. The molecule has 5 rings (SSSR count). The minimum atomic E-state index is 1.30. The van der Waals surface area contributed by atoms with E-state index in [1.165, 1.54) is 53.6 Å². The topological polar surface area (TPSA) is 0 Å². The van der Waals surface area contributed by atoms with Crippen LogP contribution in [-0.2, 0) is 0 Å². The molecule has 0 fully saturated rings. The molecule has 130 valence electrons. The lowest BCUT2D eigenvalue weighted by atomic mass is 9.99. The lowest BCUT2D eigenvalue weighted by Gasteiger charge is -2.03. The number of benzene rings is 4. The zero-order chi connectivity index (χ0) is 18.4. The van der Waals surface area contributed by atoms with Crippen LogP contribution in [0.1, 0.15) is 11.1 Å². The van der Waals surface area contributed by atoms with E-state index in [2.05, 4.69) is 98.8 Å². The van der Waals surface area contributed by atoms with Gasteiger partial charge in [-0.15, -0.1) is 11.3 Å². The third-order valence-corrected chi connectivity index (χ3v) is 6.53. The van der Waals surface area contributed by atoms with E-state index in [9.17, 15) is 0 Å². The van der Waals surface area contributed by atoms with E-state index in [1.54, 1.807) is 0 Å². The van der Waals surface area contributed by atoms with E-state index in [-0.39, 0.29) is 0 Å². The molecule has 0 bridgehead atoms. The summed E-state index contributed by atoms with van der Waals surface area (Å²) in [7, 11) is 0. The first-order valence-electron chi connectivity index (χ1n) is 9.28. The molecule has 0 N–H and O–H groups in total. The highest BCUT2D eigenvalue weighted by Crippen LogP contribution is 2.45. The van der Waals surface area contributed by atoms with Gasteiger partial charge in [-0.1, -0.05) is 83.9 Å². The largest absolute Gasteiger partial charge is 0.134 e. The van der Waals surface area contributed by atoms with Crippen molar-refractivity contribution in [2.24, 2.45) is 0 Å². The molecule has 1 heteroatoms. The maximum Gasteiger partial charge on any atom is 0.0428 e. The van der Waals surface area contributed by atoms with Crippen LogP contribution in [0.25, 0.3) is 42.4 Å². The normalized spacial score (nSPS) is 11.3. The zero-order valence-corrected chi connectivity index (χ0v) is 16.3. The van der Waals surface area contributed by atoms with Gasteiger partial charge >= 0.3 is 0 Å². The van der Waals surface area contributed by atoms with Crippen LogP contribution >= 0.6 is 11.3 Å². The third-order valence-electron chi connectivity index (χ3n) is 5.21. The van der Waals surface area contributed by atoms with Gasteiger partial charge < -0.3 is 0 Å². The van der Waals surface area contributed by atoms with Crippen LogP contribution in [0.3, 0.4) is 0 Å². The monoisotopic (exact) mass is 364 g/mol. The van der Waals surface area contributed by atoms with Crippen molar-refractivity contribution in [2.75, 3.05) is 0 Å². The van der Waals surface area contributed by atoms with E-state index in [4.69, 9.17) is 0 Å². The summed E-state index contributed by atoms with van der Waals surface area (Å²) in [5.74, 6) is 0. The highest BCUT2D eigenvalue weighted by atomic mass is 32.1. The van der Waals surface area contributed by atoms with Crippen molar-refractivity contribution in [3.8, 4) is 20.9 Å². The molecule has 0 nitrogen and oxygen atoms in total. The number of hydrogen-bond donors (Lipinski definition) is 0. The molecule has 0 aliphatic carbocycles. The zero-order valence-electron chi connectivity index (χ0n) is 15.5. The summed E-state index contributed by atoms with van der Waals surface area (Å²) in [5.41, 5.74) is 5.18. The SMILES string of the molecule is Cc1ccc(-c2sc(-c3ccc(C)cc3)c3cc4ccccc4cc23)cc1. The molecular formula is C26H20S. The second-order valence-electron chi connectivity index (χ2n) is 7.24. The quantitative estimate of drug-likeness (QED) is 0.297. The Morgan fingerprint density at radius 1 is 0.519 bits per heavy atom.